The lowest BCUT2D eigenvalue weighted by atomic mass is 10.1. The van der Waals surface area contributed by atoms with Gasteiger partial charge in [0.25, 0.3) is 0 Å². The standard InChI is InChI=1S/C16H15F4NS/c1-9(10(2)21-3)14-4-5-15(22-14)11-6-12(16(18,19)20)8-13(17)7-11/h4-8,21H,1-3H3/b10-9+. The van der Waals surface area contributed by atoms with Crippen molar-refractivity contribution in [3.05, 3.63) is 52.3 Å². The van der Waals surface area contributed by atoms with Crippen molar-refractivity contribution in [3.63, 3.8) is 0 Å². The molecule has 22 heavy (non-hydrogen) atoms. The molecule has 0 spiro atoms. The molecule has 1 N–H and O–H groups in total. The number of allylic oxidation sites excluding steroid dienone is 2. The lowest BCUT2D eigenvalue weighted by Gasteiger charge is -2.08. The van der Waals surface area contributed by atoms with E-state index in [0.717, 1.165) is 28.3 Å². The molecule has 0 bridgehead atoms. The van der Waals surface area contributed by atoms with E-state index in [-0.39, 0.29) is 5.56 Å². The Morgan fingerprint density at radius 1 is 1.09 bits per heavy atom. The predicted molar refractivity (Wildman–Crippen MR) is 82.0 cm³/mol. The summed E-state index contributed by atoms with van der Waals surface area (Å²) in [5.74, 6) is -0.890. The molecule has 0 saturated carbocycles. The molecule has 0 amide bonds. The summed E-state index contributed by atoms with van der Waals surface area (Å²) in [7, 11) is 1.80. The number of nitrogens with one attached hydrogen (secondary N) is 1. The Kier molecular flexibility index (Phi) is 4.60. The first-order valence-corrected chi connectivity index (χ1v) is 7.37. The van der Waals surface area contributed by atoms with Crippen LogP contribution in [0.4, 0.5) is 17.6 Å². The van der Waals surface area contributed by atoms with Gasteiger partial charge in [-0.05, 0) is 55.3 Å². The number of benzene rings is 1. The molecule has 0 unspecified atom stereocenters. The molecule has 1 nitrogen and oxygen atoms in total. The third-order valence-corrected chi connectivity index (χ3v) is 4.68. The van der Waals surface area contributed by atoms with E-state index in [9.17, 15) is 17.6 Å². The van der Waals surface area contributed by atoms with Crippen molar-refractivity contribution in [1.82, 2.24) is 5.32 Å². The molecule has 118 valence electrons. The molecule has 0 radical (unpaired) electrons. The molecule has 1 heterocycles. The summed E-state index contributed by atoms with van der Waals surface area (Å²) in [4.78, 5) is 1.53. The molecule has 0 aliphatic carbocycles. The maximum Gasteiger partial charge on any atom is 0.416 e. The molecule has 2 aromatic rings. The zero-order valence-electron chi connectivity index (χ0n) is 12.3. The molecule has 1 aromatic carbocycles. The van der Waals surface area contributed by atoms with Crippen LogP contribution in [0.2, 0.25) is 0 Å². The number of thiophene rings is 1. The van der Waals surface area contributed by atoms with Crippen molar-refractivity contribution < 1.29 is 17.6 Å². The van der Waals surface area contributed by atoms with Crippen molar-refractivity contribution in [2.45, 2.75) is 20.0 Å². The highest BCUT2D eigenvalue weighted by Gasteiger charge is 2.31. The Hall–Kier alpha value is -1.82. The lowest BCUT2D eigenvalue weighted by molar-refractivity contribution is -0.137. The van der Waals surface area contributed by atoms with E-state index in [1.807, 2.05) is 19.9 Å². The largest absolute Gasteiger partial charge is 0.416 e. The van der Waals surface area contributed by atoms with Crippen molar-refractivity contribution in [2.24, 2.45) is 0 Å². The van der Waals surface area contributed by atoms with E-state index in [4.69, 9.17) is 0 Å². The van der Waals surface area contributed by atoms with Gasteiger partial charge in [-0.1, -0.05) is 0 Å². The lowest BCUT2D eigenvalue weighted by Crippen LogP contribution is -2.05. The van der Waals surface area contributed by atoms with Crippen LogP contribution in [0.1, 0.15) is 24.3 Å². The first-order valence-electron chi connectivity index (χ1n) is 6.56. The third-order valence-electron chi connectivity index (χ3n) is 3.42. The van der Waals surface area contributed by atoms with E-state index in [1.165, 1.54) is 11.3 Å². The average molecular weight is 329 g/mol. The number of hydrogen-bond donors (Lipinski definition) is 1. The molecule has 2 rings (SSSR count). The van der Waals surface area contributed by atoms with Crippen molar-refractivity contribution in [3.8, 4) is 10.4 Å². The van der Waals surface area contributed by atoms with E-state index < -0.39 is 17.6 Å². The number of halogens is 4. The van der Waals surface area contributed by atoms with Gasteiger partial charge in [0.1, 0.15) is 5.82 Å². The first-order chi connectivity index (χ1) is 10.2. The zero-order chi connectivity index (χ0) is 16.5. The second-order valence-corrected chi connectivity index (χ2v) is 5.97. The summed E-state index contributed by atoms with van der Waals surface area (Å²) in [5.41, 5.74) is 1.24. The number of alkyl halides is 3. The quantitative estimate of drug-likeness (QED) is 0.729. The normalized spacial score (nSPS) is 13.0. The van der Waals surface area contributed by atoms with Crippen LogP contribution in [0.3, 0.4) is 0 Å². The van der Waals surface area contributed by atoms with Crippen LogP contribution in [-0.2, 0) is 6.18 Å². The molecular weight excluding hydrogens is 314 g/mol. The first kappa shape index (κ1) is 16.5. The topological polar surface area (TPSA) is 12.0 Å². The van der Waals surface area contributed by atoms with Gasteiger partial charge in [-0.15, -0.1) is 11.3 Å². The molecule has 0 fully saturated rings. The van der Waals surface area contributed by atoms with Crippen molar-refractivity contribution in [1.29, 1.82) is 0 Å². The molecule has 0 aliphatic heterocycles. The van der Waals surface area contributed by atoms with Crippen LogP contribution >= 0.6 is 11.3 Å². The van der Waals surface area contributed by atoms with Gasteiger partial charge in [0.2, 0.25) is 0 Å². The van der Waals surface area contributed by atoms with Gasteiger partial charge in [0.15, 0.2) is 0 Å². The van der Waals surface area contributed by atoms with Crippen molar-refractivity contribution >= 4 is 16.9 Å². The summed E-state index contributed by atoms with van der Waals surface area (Å²) in [6, 6.07) is 6.14. The maximum absolute atomic E-state index is 13.5. The number of hydrogen-bond acceptors (Lipinski definition) is 2. The van der Waals surface area contributed by atoms with Crippen LogP contribution in [0.15, 0.2) is 36.0 Å². The zero-order valence-corrected chi connectivity index (χ0v) is 13.1. The van der Waals surface area contributed by atoms with Crippen molar-refractivity contribution in [2.75, 3.05) is 7.05 Å². The molecule has 6 heteroatoms. The molecule has 0 aliphatic rings. The summed E-state index contributed by atoms with van der Waals surface area (Å²) in [5, 5.41) is 3.03. The monoisotopic (exact) mass is 329 g/mol. The fourth-order valence-corrected chi connectivity index (χ4v) is 3.01. The van der Waals surface area contributed by atoms with E-state index >= 15 is 0 Å². The van der Waals surface area contributed by atoms with Crippen LogP contribution in [0.25, 0.3) is 16.0 Å². The summed E-state index contributed by atoms with van der Waals surface area (Å²) in [6.07, 6.45) is -4.56. The predicted octanol–water partition coefficient (Wildman–Crippen LogP) is 5.54. The van der Waals surface area contributed by atoms with Gasteiger partial charge >= 0.3 is 6.18 Å². The van der Waals surface area contributed by atoms with E-state index in [2.05, 4.69) is 5.32 Å². The summed E-state index contributed by atoms with van der Waals surface area (Å²) < 4.78 is 51.8. The fourth-order valence-electron chi connectivity index (χ4n) is 1.96. The highest BCUT2D eigenvalue weighted by Crippen LogP contribution is 2.37. The Bertz CT molecular complexity index is 713. The Balaban J connectivity index is 2.46. The Morgan fingerprint density at radius 3 is 2.36 bits per heavy atom. The molecular formula is C16H15F4NS. The summed E-state index contributed by atoms with van der Waals surface area (Å²) in [6.45, 7) is 3.84. The van der Waals surface area contributed by atoms with Gasteiger partial charge in [0.05, 0.1) is 5.56 Å². The minimum atomic E-state index is -4.56. The summed E-state index contributed by atoms with van der Waals surface area (Å²) >= 11 is 1.33. The smallest absolute Gasteiger partial charge is 0.391 e. The van der Waals surface area contributed by atoms with Crippen LogP contribution < -0.4 is 5.32 Å². The Labute approximate surface area is 130 Å². The highest BCUT2D eigenvalue weighted by atomic mass is 32.1. The van der Waals surface area contributed by atoms with Gasteiger partial charge in [0, 0.05) is 22.5 Å². The van der Waals surface area contributed by atoms with E-state index in [1.54, 1.807) is 13.1 Å². The fraction of sp³-hybridized carbons (Fsp3) is 0.250. The molecule has 0 atom stereocenters. The second kappa shape index (κ2) is 6.12. The van der Waals surface area contributed by atoms with Gasteiger partial charge in [-0.2, -0.15) is 13.2 Å². The highest BCUT2D eigenvalue weighted by molar-refractivity contribution is 7.16. The van der Waals surface area contributed by atoms with Gasteiger partial charge in [-0.3, -0.25) is 0 Å². The van der Waals surface area contributed by atoms with Crippen LogP contribution in [0.5, 0.6) is 0 Å². The van der Waals surface area contributed by atoms with E-state index in [0.29, 0.717) is 10.9 Å². The maximum atomic E-state index is 13.5. The SMILES string of the molecule is CN/C(C)=C(\C)c1ccc(-c2cc(F)cc(C(F)(F)F)c2)s1. The molecule has 1 aromatic heterocycles. The Morgan fingerprint density at radius 2 is 1.77 bits per heavy atom. The van der Waals surface area contributed by atoms with Gasteiger partial charge < -0.3 is 5.32 Å². The van der Waals surface area contributed by atoms with Crippen LogP contribution in [-0.4, -0.2) is 7.05 Å². The number of rotatable bonds is 3. The second-order valence-electron chi connectivity index (χ2n) is 4.89. The van der Waals surface area contributed by atoms with Crippen LogP contribution in [0, 0.1) is 5.82 Å². The molecule has 0 saturated heterocycles. The minimum Gasteiger partial charge on any atom is -0.391 e. The average Bonchev–Trinajstić information content (AvgIpc) is 2.93. The minimum absolute atomic E-state index is 0.235. The van der Waals surface area contributed by atoms with Gasteiger partial charge in [-0.25, -0.2) is 4.39 Å². The third kappa shape index (κ3) is 3.50.